The minimum atomic E-state index is -0.0675. The lowest BCUT2D eigenvalue weighted by atomic mass is 9.94. The lowest BCUT2D eigenvalue weighted by molar-refractivity contribution is 0.399. The lowest BCUT2D eigenvalue weighted by Crippen LogP contribution is -2.37. The first-order valence-electron chi connectivity index (χ1n) is 9.26. The molecule has 0 aliphatic carbocycles. The van der Waals surface area contributed by atoms with Crippen molar-refractivity contribution in [3.63, 3.8) is 0 Å². The fourth-order valence-electron chi connectivity index (χ4n) is 3.00. The molecule has 0 heterocycles. The van der Waals surface area contributed by atoms with E-state index < -0.39 is 0 Å². The van der Waals surface area contributed by atoms with Gasteiger partial charge in [-0.25, -0.2) is 0 Å². The van der Waals surface area contributed by atoms with Crippen LogP contribution in [0, 0.1) is 0 Å². The van der Waals surface area contributed by atoms with Crippen molar-refractivity contribution >= 4 is 0 Å². The van der Waals surface area contributed by atoms with E-state index >= 15 is 0 Å². The van der Waals surface area contributed by atoms with Crippen LogP contribution in [0.5, 0.6) is 11.5 Å². The Bertz CT molecular complexity index is 779. The van der Waals surface area contributed by atoms with E-state index in [-0.39, 0.29) is 5.54 Å². The molecule has 3 aromatic carbocycles. The molecule has 134 valence electrons. The quantitative estimate of drug-likeness (QED) is 0.510. The average Bonchev–Trinajstić information content (AvgIpc) is 2.67. The van der Waals surface area contributed by atoms with Crippen LogP contribution in [0.1, 0.15) is 31.4 Å². The van der Waals surface area contributed by atoms with E-state index in [0.29, 0.717) is 0 Å². The van der Waals surface area contributed by atoms with Crippen molar-refractivity contribution in [2.24, 2.45) is 0 Å². The van der Waals surface area contributed by atoms with E-state index in [1.165, 1.54) is 11.1 Å². The summed E-state index contributed by atoms with van der Waals surface area (Å²) in [6.45, 7) is 5.44. The number of rotatable bonds is 8. The highest BCUT2D eigenvalue weighted by molar-refractivity contribution is 5.35. The molecule has 26 heavy (non-hydrogen) atoms. The number of aryl methyl sites for hydroxylation is 1. The zero-order chi connectivity index (χ0) is 18.2. The molecule has 0 aliphatic rings. The van der Waals surface area contributed by atoms with Crippen LogP contribution in [0.15, 0.2) is 84.9 Å². The van der Waals surface area contributed by atoms with Gasteiger partial charge in [0.25, 0.3) is 0 Å². The van der Waals surface area contributed by atoms with Gasteiger partial charge >= 0.3 is 0 Å². The van der Waals surface area contributed by atoms with Gasteiger partial charge in [-0.05, 0) is 68.6 Å². The smallest absolute Gasteiger partial charge is 0.127 e. The maximum Gasteiger partial charge on any atom is 0.127 e. The summed E-state index contributed by atoms with van der Waals surface area (Å²) in [5.41, 5.74) is 2.59. The first kappa shape index (κ1) is 18.2. The molecule has 0 aliphatic heterocycles. The second kappa shape index (κ2) is 8.68. The van der Waals surface area contributed by atoms with Crippen LogP contribution in [0.3, 0.4) is 0 Å². The van der Waals surface area contributed by atoms with Crippen LogP contribution in [-0.4, -0.2) is 6.54 Å². The predicted molar refractivity (Wildman–Crippen MR) is 109 cm³/mol. The van der Waals surface area contributed by atoms with Crippen LogP contribution in [0.25, 0.3) is 0 Å². The Morgan fingerprint density at radius 2 is 1.31 bits per heavy atom. The molecule has 0 saturated heterocycles. The Balaban J connectivity index is 1.51. The van der Waals surface area contributed by atoms with E-state index in [4.69, 9.17) is 4.74 Å². The molecular weight excluding hydrogens is 318 g/mol. The Kier molecular flexibility index (Phi) is 6.08. The second-order valence-corrected chi connectivity index (χ2v) is 7.08. The van der Waals surface area contributed by atoms with E-state index in [1.54, 1.807) is 0 Å². The van der Waals surface area contributed by atoms with Gasteiger partial charge in [-0.1, -0.05) is 60.7 Å². The second-order valence-electron chi connectivity index (χ2n) is 7.08. The molecule has 0 bridgehead atoms. The number of hydrogen-bond donors (Lipinski definition) is 1. The van der Waals surface area contributed by atoms with E-state index in [2.05, 4.69) is 61.6 Å². The SMILES string of the molecule is CC(C)(NCCCc1ccccc1)c1ccc(Oc2ccccc2)cc1. The van der Waals surface area contributed by atoms with Gasteiger partial charge in [0.1, 0.15) is 11.5 Å². The molecule has 0 saturated carbocycles. The molecule has 0 fully saturated rings. The number of benzene rings is 3. The van der Waals surface area contributed by atoms with Gasteiger partial charge in [-0.2, -0.15) is 0 Å². The topological polar surface area (TPSA) is 21.3 Å². The predicted octanol–water partition coefficient (Wildman–Crippen LogP) is 5.94. The van der Waals surface area contributed by atoms with Crippen molar-refractivity contribution < 1.29 is 4.74 Å². The fourth-order valence-corrected chi connectivity index (χ4v) is 3.00. The lowest BCUT2D eigenvalue weighted by Gasteiger charge is -2.27. The zero-order valence-corrected chi connectivity index (χ0v) is 15.6. The normalized spacial score (nSPS) is 11.3. The Morgan fingerprint density at radius 3 is 1.96 bits per heavy atom. The van der Waals surface area contributed by atoms with E-state index in [9.17, 15) is 0 Å². The van der Waals surface area contributed by atoms with Crippen molar-refractivity contribution in [2.45, 2.75) is 32.2 Å². The fraction of sp³-hybridized carbons (Fsp3) is 0.250. The third kappa shape index (κ3) is 5.21. The molecule has 0 spiro atoms. The van der Waals surface area contributed by atoms with Crippen molar-refractivity contribution in [1.82, 2.24) is 5.32 Å². The highest BCUT2D eigenvalue weighted by Crippen LogP contribution is 2.25. The average molecular weight is 345 g/mol. The molecule has 0 unspecified atom stereocenters. The molecule has 1 N–H and O–H groups in total. The number of para-hydroxylation sites is 1. The monoisotopic (exact) mass is 345 g/mol. The molecule has 0 atom stereocenters. The summed E-state index contributed by atoms with van der Waals surface area (Å²) in [4.78, 5) is 0. The molecule has 3 aromatic rings. The number of hydrogen-bond acceptors (Lipinski definition) is 2. The van der Waals surface area contributed by atoms with Gasteiger partial charge in [-0.3, -0.25) is 0 Å². The van der Waals surface area contributed by atoms with E-state index in [0.717, 1.165) is 30.9 Å². The molecule has 0 radical (unpaired) electrons. The third-order valence-electron chi connectivity index (χ3n) is 4.61. The Labute approximate surface area is 156 Å². The molecular formula is C24H27NO. The molecule has 2 nitrogen and oxygen atoms in total. The van der Waals surface area contributed by atoms with Gasteiger partial charge < -0.3 is 10.1 Å². The van der Waals surface area contributed by atoms with Crippen molar-refractivity contribution in [3.05, 3.63) is 96.1 Å². The van der Waals surface area contributed by atoms with Gasteiger partial charge in [0.05, 0.1) is 0 Å². The third-order valence-corrected chi connectivity index (χ3v) is 4.61. The summed E-state index contributed by atoms with van der Waals surface area (Å²) in [6, 6.07) is 28.9. The van der Waals surface area contributed by atoms with Crippen LogP contribution in [0.4, 0.5) is 0 Å². The minimum Gasteiger partial charge on any atom is -0.457 e. The summed E-state index contributed by atoms with van der Waals surface area (Å²) >= 11 is 0. The van der Waals surface area contributed by atoms with Crippen LogP contribution < -0.4 is 10.1 Å². The number of ether oxygens (including phenoxy) is 1. The largest absolute Gasteiger partial charge is 0.457 e. The van der Waals surface area contributed by atoms with E-state index in [1.807, 2.05) is 42.5 Å². The maximum atomic E-state index is 5.87. The molecule has 0 aromatic heterocycles. The molecule has 0 amide bonds. The zero-order valence-electron chi connectivity index (χ0n) is 15.6. The van der Waals surface area contributed by atoms with Crippen molar-refractivity contribution in [1.29, 1.82) is 0 Å². The summed E-state index contributed by atoms with van der Waals surface area (Å²) in [5, 5.41) is 3.67. The summed E-state index contributed by atoms with van der Waals surface area (Å²) in [6.07, 6.45) is 2.23. The molecule has 2 heteroatoms. The van der Waals surface area contributed by atoms with Crippen LogP contribution >= 0.6 is 0 Å². The first-order valence-corrected chi connectivity index (χ1v) is 9.26. The Hall–Kier alpha value is -2.58. The summed E-state index contributed by atoms with van der Waals surface area (Å²) < 4.78 is 5.87. The highest BCUT2D eigenvalue weighted by Gasteiger charge is 2.19. The van der Waals surface area contributed by atoms with Crippen molar-refractivity contribution in [3.8, 4) is 11.5 Å². The van der Waals surface area contributed by atoms with Gasteiger partial charge in [0.15, 0.2) is 0 Å². The molecule has 3 rings (SSSR count). The van der Waals surface area contributed by atoms with Crippen molar-refractivity contribution in [2.75, 3.05) is 6.54 Å². The standard InChI is InChI=1S/C24H27NO/c1-24(2,25-19-9-12-20-10-5-3-6-11-20)21-15-17-23(18-16-21)26-22-13-7-4-8-14-22/h3-8,10-11,13-18,25H,9,12,19H2,1-2H3. The van der Waals surface area contributed by atoms with Gasteiger partial charge in [-0.15, -0.1) is 0 Å². The summed E-state index contributed by atoms with van der Waals surface area (Å²) in [7, 11) is 0. The van der Waals surface area contributed by atoms with Gasteiger partial charge in [0, 0.05) is 5.54 Å². The first-order chi connectivity index (χ1) is 12.6. The maximum absolute atomic E-state index is 5.87. The Morgan fingerprint density at radius 1 is 0.731 bits per heavy atom. The number of nitrogens with one attached hydrogen (secondary N) is 1. The summed E-state index contributed by atoms with van der Waals surface area (Å²) in [5.74, 6) is 1.72. The minimum absolute atomic E-state index is 0.0675. The van der Waals surface area contributed by atoms with Gasteiger partial charge in [0.2, 0.25) is 0 Å². The van der Waals surface area contributed by atoms with Crippen LogP contribution in [-0.2, 0) is 12.0 Å². The van der Waals surface area contributed by atoms with Crippen LogP contribution in [0.2, 0.25) is 0 Å². The highest BCUT2D eigenvalue weighted by atomic mass is 16.5.